The number of nitrogens with zero attached hydrogens (tertiary/aromatic N) is 2. The van der Waals surface area contributed by atoms with Crippen LogP contribution in [0.1, 0.15) is 44.4 Å². The van der Waals surface area contributed by atoms with E-state index in [9.17, 15) is 0 Å². The molecule has 0 bridgehead atoms. The van der Waals surface area contributed by atoms with Crippen LogP contribution in [0.25, 0.3) is 0 Å². The van der Waals surface area contributed by atoms with Crippen LogP contribution in [0, 0.1) is 0 Å². The van der Waals surface area contributed by atoms with Gasteiger partial charge in [-0.05, 0) is 25.9 Å². The van der Waals surface area contributed by atoms with E-state index in [1.807, 2.05) is 11.7 Å². The highest BCUT2D eigenvalue weighted by Crippen LogP contribution is 2.38. The molecule has 2 N–H and O–H groups in total. The molecule has 4 heteroatoms. The predicted octanol–water partition coefficient (Wildman–Crippen LogP) is 2.67. The first-order valence-corrected chi connectivity index (χ1v) is 7.99. The Morgan fingerprint density at radius 3 is 2.56 bits per heavy atom. The average Bonchev–Trinajstić information content (AvgIpc) is 3.02. The highest BCUT2D eigenvalue weighted by atomic mass is 32.1. The Morgan fingerprint density at radius 1 is 1.39 bits per heavy atom. The fraction of sp³-hybridized carbons (Fsp3) is 0.786. The van der Waals surface area contributed by atoms with E-state index in [4.69, 9.17) is 5.73 Å². The van der Waals surface area contributed by atoms with Crippen LogP contribution in [0.15, 0.2) is 11.7 Å². The summed E-state index contributed by atoms with van der Waals surface area (Å²) in [4.78, 5) is 8.07. The van der Waals surface area contributed by atoms with Crippen molar-refractivity contribution in [1.82, 2.24) is 9.88 Å². The zero-order valence-corrected chi connectivity index (χ0v) is 12.4. The SMILES string of the molecule is CCN(CC)C1(C(N)Cc2cncs2)CCCC1. The first kappa shape index (κ1) is 14.0. The van der Waals surface area contributed by atoms with Gasteiger partial charge < -0.3 is 5.73 Å². The molecule has 1 aliphatic carbocycles. The van der Waals surface area contributed by atoms with Crippen molar-refractivity contribution in [2.45, 2.75) is 57.5 Å². The summed E-state index contributed by atoms with van der Waals surface area (Å²) in [5, 5.41) is 0. The molecule has 1 unspecified atom stereocenters. The Morgan fingerprint density at radius 2 is 2.06 bits per heavy atom. The summed E-state index contributed by atoms with van der Waals surface area (Å²) in [6.45, 7) is 6.71. The first-order chi connectivity index (χ1) is 8.73. The van der Waals surface area contributed by atoms with Crippen molar-refractivity contribution in [3.8, 4) is 0 Å². The van der Waals surface area contributed by atoms with Crippen LogP contribution in [-0.2, 0) is 6.42 Å². The number of hydrogen-bond acceptors (Lipinski definition) is 4. The number of aromatic nitrogens is 1. The molecule has 18 heavy (non-hydrogen) atoms. The molecule has 102 valence electrons. The molecule has 0 radical (unpaired) electrons. The number of nitrogens with two attached hydrogens (primary N) is 1. The minimum absolute atomic E-state index is 0.230. The van der Waals surface area contributed by atoms with E-state index in [1.165, 1.54) is 30.6 Å². The van der Waals surface area contributed by atoms with Crippen molar-refractivity contribution in [1.29, 1.82) is 0 Å². The summed E-state index contributed by atoms with van der Waals surface area (Å²) in [6.07, 6.45) is 8.11. The summed E-state index contributed by atoms with van der Waals surface area (Å²) in [7, 11) is 0. The second-order valence-corrected chi connectivity index (χ2v) is 6.23. The topological polar surface area (TPSA) is 42.1 Å². The smallest absolute Gasteiger partial charge is 0.0794 e. The van der Waals surface area contributed by atoms with Gasteiger partial charge in [-0.1, -0.05) is 26.7 Å². The molecule has 1 aromatic heterocycles. The molecule has 0 saturated heterocycles. The van der Waals surface area contributed by atoms with Crippen molar-refractivity contribution in [3.63, 3.8) is 0 Å². The molecule has 1 atom stereocenters. The lowest BCUT2D eigenvalue weighted by atomic mass is 9.84. The Bertz CT molecular complexity index is 340. The molecule has 1 aromatic rings. The largest absolute Gasteiger partial charge is 0.326 e. The Balaban J connectivity index is 2.13. The van der Waals surface area contributed by atoms with Gasteiger partial charge in [-0.3, -0.25) is 9.88 Å². The van der Waals surface area contributed by atoms with E-state index < -0.39 is 0 Å². The van der Waals surface area contributed by atoms with Crippen LogP contribution >= 0.6 is 11.3 Å². The Hall–Kier alpha value is -0.450. The van der Waals surface area contributed by atoms with Gasteiger partial charge >= 0.3 is 0 Å². The maximum Gasteiger partial charge on any atom is 0.0794 e. The van der Waals surface area contributed by atoms with Gasteiger partial charge in [0.15, 0.2) is 0 Å². The monoisotopic (exact) mass is 267 g/mol. The van der Waals surface area contributed by atoms with Crippen molar-refractivity contribution in [3.05, 3.63) is 16.6 Å². The first-order valence-electron chi connectivity index (χ1n) is 7.11. The highest BCUT2D eigenvalue weighted by molar-refractivity contribution is 7.09. The molecule has 0 amide bonds. The highest BCUT2D eigenvalue weighted by Gasteiger charge is 2.43. The molecule has 0 aliphatic heterocycles. The minimum atomic E-state index is 0.230. The van der Waals surface area contributed by atoms with Gasteiger partial charge in [-0.2, -0.15) is 0 Å². The maximum atomic E-state index is 6.59. The van der Waals surface area contributed by atoms with Crippen molar-refractivity contribution in [2.24, 2.45) is 5.73 Å². The van der Waals surface area contributed by atoms with E-state index in [1.54, 1.807) is 11.3 Å². The van der Waals surface area contributed by atoms with Crippen molar-refractivity contribution in [2.75, 3.05) is 13.1 Å². The quantitative estimate of drug-likeness (QED) is 0.861. The van der Waals surface area contributed by atoms with Crippen molar-refractivity contribution >= 4 is 11.3 Å². The van der Waals surface area contributed by atoms with Crippen LogP contribution in [0.4, 0.5) is 0 Å². The summed E-state index contributed by atoms with van der Waals surface area (Å²) in [5.41, 5.74) is 8.73. The van der Waals surface area contributed by atoms with Gasteiger partial charge in [0, 0.05) is 29.1 Å². The van der Waals surface area contributed by atoms with Crippen LogP contribution in [0.5, 0.6) is 0 Å². The maximum absolute atomic E-state index is 6.59. The lowest BCUT2D eigenvalue weighted by Gasteiger charge is -2.44. The van der Waals surface area contributed by atoms with Crippen LogP contribution < -0.4 is 5.73 Å². The molecule has 0 aromatic carbocycles. The Labute approximate surface area is 114 Å². The summed E-state index contributed by atoms with van der Waals surface area (Å²) in [5.74, 6) is 0. The lowest BCUT2D eigenvalue weighted by Crippen LogP contribution is -2.59. The molecular weight excluding hydrogens is 242 g/mol. The zero-order chi connectivity index (χ0) is 13.0. The fourth-order valence-electron chi connectivity index (χ4n) is 3.51. The summed E-state index contributed by atoms with van der Waals surface area (Å²) in [6, 6.07) is 0.236. The summed E-state index contributed by atoms with van der Waals surface area (Å²) >= 11 is 1.73. The van der Waals surface area contributed by atoms with Crippen LogP contribution in [0.2, 0.25) is 0 Å². The molecule has 2 rings (SSSR count). The zero-order valence-electron chi connectivity index (χ0n) is 11.6. The van der Waals surface area contributed by atoms with Gasteiger partial charge in [0.2, 0.25) is 0 Å². The number of thiazole rings is 1. The minimum Gasteiger partial charge on any atom is -0.326 e. The van der Waals surface area contributed by atoms with E-state index >= 15 is 0 Å². The molecule has 1 heterocycles. The average molecular weight is 267 g/mol. The predicted molar refractivity (Wildman–Crippen MR) is 77.9 cm³/mol. The third-order valence-corrected chi connectivity index (χ3v) is 5.26. The Kier molecular flexibility index (Phi) is 4.76. The van der Waals surface area contributed by atoms with Crippen molar-refractivity contribution < 1.29 is 0 Å². The molecule has 0 spiro atoms. The van der Waals surface area contributed by atoms with Crippen LogP contribution in [-0.4, -0.2) is 34.6 Å². The second-order valence-electron chi connectivity index (χ2n) is 5.26. The standard InChI is InChI=1S/C14H25N3S/c1-3-17(4-2)14(7-5-6-8-14)13(15)9-12-10-16-11-18-12/h10-11,13H,3-9,15H2,1-2H3. The normalized spacial score (nSPS) is 20.4. The molecular formula is C14H25N3S. The molecule has 1 aliphatic rings. The molecule has 1 fully saturated rings. The molecule has 3 nitrogen and oxygen atoms in total. The summed E-state index contributed by atoms with van der Waals surface area (Å²) < 4.78 is 0. The number of rotatable bonds is 6. The molecule has 1 saturated carbocycles. The van der Waals surface area contributed by atoms with E-state index in [2.05, 4.69) is 23.7 Å². The van der Waals surface area contributed by atoms with E-state index in [0.29, 0.717) is 0 Å². The van der Waals surface area contributed by atoms with Gasteiger partial charge in [-0.15, -0.1) is 11.3 Å². The number of likely N-dealkylation sites (N-methyl/N-ethyl adjacent to an activating group) is 1. The number of hydrogen-bond donors (Lipinski definition) is 1. The van der Waals surface area contributed by atoms with Gasteiger partial charge in [0.1, 0.15) is 0 Å². The van der Waals surface area contributed by atoms with Gasteiger partial charge in [0.05, 0.1) is 5.51 Å². The fourth-order valence-corrected chi connectivity index (χ4v) is 4.17. The third kappa shape index (κ3) is 2.60. The third-order valence-electron chi connectivity index (χ3n) is 4.46. The van der Waals surface area contributed by atoms with Crippen LogP contribution in [0.3, 0.4) is 0 Å². The van der Waals surface area contributed by atoms with Gasteiger partial charge in [0.25, 0.3) is 0 Å². The second kappa shape index (κ2) is 6.13. The lowest BCUT2D eigenvalue weighted by molar-refractivity contribution is 0.0774. The van der Waals surface area contributed by atoms with E-state index in [0.717, 1.165) is 19.5 Å². The van der Waals surface area contributed by atoms with E-state index in [-0.39, 0.29) is 11.6 Å². The van der Waals surface area contributed by atoms with Gasteiger partial charge in [-0.25, -0.2) is 0 Å².